The Bertz CT molecular complexity index is 1550. The number of nitrogens with one attached hydrogen (secondary N) is 1. The molecular weight excluding hydrogens is 453 g/mol. The maximum atomic E-state index is 15.0. The number of rotatable bonds is 5. The van der Waals surface area contributed by atoms with Gasteiger partial charge in [0.2, 0.25) is 0 Å². The molecule has 2 N–H and O–H groups in total. The molecule has 0 aromatic heterocycles. The zero-order chi connectivity index (χ0) is 24.8. The van der Waals surface area contributed by atoms with Crippen LogP contribution in [0.3, 0.4) is 0 Å². The van der Waals surface area contributed by atoms with Crippen LogP contribution in [0.5, 0.6) is 0 Å². The first-order valence-corrected chi connectivity index (χ1v) is 12.2. The fourth-order valence-corrected chi connectivity index (χ4v) is 6.01. The van der Waals surface area contributed by atoms with Crippen LogP contribution in [0, 0.1) is 33.5 Å². The molecule has 0 aliphatic rings. The molecule has 0 bridgehead atoms. The van der Waals surface area contributed by atoms with Crippen molar-refractivity contribution in [3.63, 3.8) is 0 Å². The Morgan fingerprint density at radius 2 is 1.44 bits per heavy atom. The van der Waals surface area contributed by atoms with Gasteiger partial charge in [0.1, 0.15) is 5.82 Å². The zero-order valence-electron chi connectivity index (χ0n) is 19.2. The summed E-state index contributed by atoms with van der Waals surface area (Å²) in [6.45, 7) is 7.33. The highest BCUT2D eigenvalue weighted by Gasteiger charge is 2.24. The molecule has 5 nitrogen and oxygen atoms in total. The van der Waals surface area contributed by atoms with Gasteiger partial charge in [-0.1, -0.05) is 48.5 Å². The molecule has 4 rings (SSSR count). The van der Waals surface area contributed by atoms with Crippen molar-refractivity contribution in [3.8, 4) is 11.1 Å². The largest absolute Gasteiger partial charge is 0.478 e. The molecule has 0 atom stereocenters. The molecule has 174 valence electrons. The van der Waals surface area contributed by atoms with Gasteiger partial charge < -0.3 is 5.11 Å². The second-order valence-electron chi connectivity index (χ2n) is 8.37. The lowest BCUT2D eigenvalue weighted by Gasteiger charge is -2.18. The summed E-state index contributed by atoms with van der Waals surface area (Å²) in [7, 11) is -3.92. The van der Waals surface area contributed by atoms with Gasteiger partial charge in [-0.3, -0.25) is 4.72 Å². The lowest BCUT2D eigenvalue weighted by Crippen LogP contribution is -2.17. The van der Waals surface area contributed by atoms with Gasteiger partial charge in [0.15, 0.2) is 0 Å². The van der Waals surface area contributed by atoms with E-state index in [0.717, 1.165) is 11.1 Å². The first-order valence-electron chi connectivity index (χ1n) is 10.7. The lowest BCUT2D eigenvalue weighted by atomic mass is 9.95. The lowest BCUT2D eigenvalue weighted by molar-refractivity contribution is 0.0692. The van der Waals surface area contributed by atoms with Crippen molar-refractivity contribution in [1.29, 1.82) is 0 Å². The molecule has 0 spiro atoms. The maximum absolute atomic E-state index is 15.0. The summed E-state index contributed by atoms with van der Waals surface area (Å²) in [5.74, 6) is -2.19. The number of hydrogen-bond donors (Lipinski definition) is 2. The minimum Gasteiger partial charge on any atom is -0.478 e. The van der Waals surface area contributed by atoms with Crippen LogP contribution in [0.15, 0.2) is 65.6 Å². The monoisotopic (exact) mass is 477 g/mol. The second-order valence-corrected chi connectivity index (χ2v) is 9.99. The summed E-state index contributed by atoms with van der Waals surface area (Å²) in [4.78, 5) is 11.6. The quantitative estimate of drug-likeness (QED) is 0.349. The van der Waals surface area contributed by atoms with E-state index < -0.39 is 27.4 Å². The third-order valence-corrected chi connectivity index (χ3v) is 7.89. The molecule has 7 heteroatoms. The van der Waals surface area contributed by atoms with Crippen molar-refractivity contribution in [2.45, 2.75) is 32.6 Å². The Hall–Kier alpha value is -3.71. The van der Waals surface area contributed by atoms with E-state index in [1.165, 1.54) is 18.2 Å². The third kappa shape index (κ3) is 3.92. The summed E-state index contributed by atoms with van der Waals surface area (Å²) in [6, 6.07) is 16.4. The van der Waals surface area contributed by atoms with Crippen molar-refractivity contribution in [1.82, 2.24) is 0 Å². The number of halogens is 1. The van der Waals surface area contributed by atoms with Crippen LogP contribution in [0.1, 0.15) is 32.6 Å². The number of carbonyl (C=O) groups is 1. The van der Waals surface area contributed by atoms with Crippen LogP contribution in [0.25, 0.3) is 21.9 Å². The minimum atomic E-state index is -3.92. The van der Waals surface area contributed by atoms with Crippen LogP contribution in [0.2, 0.25) is 0 Å². The number of sulfonamides is 1. The SMILES string of the molecule is Cc1cc(C)c(C)c(S(=O)(=O)Nc2ccc(-c3cccc(C(=O)O)c3F)c3ccccc23)c1C. The van der Waals surface area contributed by atoms with E-state index in [0.29, 0.717) is 33.2 Å². The van der Waals surface area contributed by atoms with Crippen molar-refractivity contribution in [2.24, 2.45) is 0 Å². The van der Waals surface area contributed by atoms with Crippen molar-refractivity contribution >= 4 is 32.5 Å². The van der Waals surface area contributed by atoms with Crippen LogP contribution in [-0.4, -0.2) is 19.5 Å². The van der Waals surface area contributed by atoms with Gasteiger partial charge in [-0.05, 0) is 73.0 Å². The first-order chi connectivity index (χ1) is 16.0. The fraction of sp³-hybridized carbons (Fsp3) is 0.148. The summed E-state index contributed by atoms with van der Waals surface area (Å²) in [6.07, 6.45) is 0. The number of fused-ring (bicyclic) bond motifs is 1. The summed E-state index contributed by atoms with van der Waals surface area (Å²) >= 11 is 0. The van der Waals surface area contributed by atoms with Crippen LogP contribution in [0.4, 0.5) is 10.1 Å². The van der Waals surface area contributed by atoms with Crippen molar-refractivity contribution in [3.05, 3.63) is 94.3 Å². The van der Waals surface area contributed by atoms with Gasteiger partial charge in [0, 0.05) is 10.9 Å². The average Bonchev–Trinajstić information content (AvgIpc) is 2.78. The molecular formula is C27H24FNO4S. The van der Waals surface area contributed by atoms with Crippen LogP contribution < -0.4 is 4.72 Å². The Kier molecular flexibility index (Phi) is 5.91. The molecule has 0 heterocycles. The molecule has 0 radical (unpaired) electrons. The predicted molar refractivity (Wildman–Crippen MR) is 132 cm³/mol. The molecule has 0 aliphatic carbocycles. The maximum Gasteiger partial charge on any atom is 0.338 e. The summed E-state index contributed by atoms with van der Waals surface area (Å²) in [5, 5.41) is 10.5. The van der Waals surface area contributed by atoms with E-state index in [-0.39, 0.29) is 10.5 Å². The Morgan fingerprint density at radius 3 is 2.06 bits per heavy atom. The van der Waals surface area contributed by atoms with Gasteiger partial charge >= 0.3 is 5.97 Å². The van der Waals surface area contributed by atoms with E-state index >= 15 is 4.39 Å². The Labute approximate surface area is 197 Å². The molecule has 0 unspecified atom stereocenters. The number of carboxylic acids is 1. The van der Waals surface area contributed by atoms with Gasteiger partial charge in [-0.15, -0.1) is 0 Å². The van der Waals surface area contributed by atoms with Crippen molar-refractivity contribution < 1.29 is 22.7 Å². The Balaban J connectivity index is 1.89. The van der Waals surface area contributed by atoms with Crippen LogP contribution >= 0.6 is 0 Å². The number of aromatic carboxylic acids is 1. The normalized spacial score (nSPS) is 11.6. The number of carboxylic acid groups (broad SMARTS) is 1. The van der Waals surface area contributed by atoms with Gasteiger partial charge in [-0.25, -0.2) is 17.6 Å². The fourth-order valence-electron chi connectivity index (χ4n) is 4.31. The predicted octanol–water partition coefficient (Wildman–Crippen LogP) is 6.38. The molecule has 0 amide bonds. The van der Waals surface area contributed by atoms with E-state index in [1.54, 1.807) is 50.2 Å². The summed E-state index contributed by atoms with van der Waals surface area (Å²) in [5.41, 5.74) is 3.67. The van der Waals surface area contributed by atoms with Gasteiger partial charge in [0.25, 0.3) is 10.0 Å². The number of aryl methyl sites for hydroxylation is 2. The topological polar surface area (TPSA) is 83.5 Å². The van der Waals surface area contributed by atoms with Gasteiger partial charge in [0.05, 0.1) is 16.1 Å². The summed E-state index contributed by atoms with van der Waals surface area (Å²) < 4.78 is 44.7. The van der Waals surface area contributed by atoms with E-state index in [9.17, 15) is 18.3 Å². The highest BCUT2D eigenvalue weighted by Crippen LogP contribution is 2.37. The highest BCUT2D eigenvalue weighted by molar-refractivity contribution is 7.92. The number of hydrogen-bond acceptors (Lipinski definition) is 3. The number of anilines is 1. The van der Waals surface area contributed by atoms with Gasteiger partial charge in [-0.2, -0.15) is 0 Å². The van der Waals surface area contributed by atoms with E-state index in [2.05, 4.69) is 4.72 Å². The molecule has 0 fully saturated rings. The molecule has 4 aromatic rings. The number of benzene rings is 4. The molecule has 0 saturated heterocycles. The molecule has 0 saturated carbocycles. The zero-order valence-corrected chi connectivity index (χ0v) is 20.0. The minimum absolute atomic E-state index is 0.131. The molecule has 0 aliphatic heterocycles. The first kappa shape index (κ1) is 23.4. The average molecular weight is 478 g/mol. The second kappa shape index (κ2) is 8.57. The van der Waals surface area contributed by atoms with E-state index in [1.807, 2.05) is 19.9 Å². The molecule has 34 heavy (non-hydrogen) atoms. The smallest absolute Gasteiger partial charge is 0.338 e. The van der Waals surface area contributed by atoms with Crippen LogP contribution in [-0.2, 0) is 10.0 Å². The van der Waals surface area contributed by atoms with Crippen molar-refractivity contribution in [2.75, 3.05) is 4.72 Å². The molecule has 4 aromatic carbocycles. The highest BCUT2D eigenvalue weighted by atomic mass is 32.2. The Morgan fingerprint density at radius 1 is 0.824 bits per heavy atom. The standard InChI is InChI=1S/C27H24FNO4S/c1-15-14-16(2)18(4)26(17(15)3)34(32,33)29-24-13-12-20(19-8-5-6-9-21(19)24)22-10-7-11-23(25(22)28)27(30)31/h5-14,29H,1-4H3,(H,30,31). The third-order valence-electron chi connectivity index (χ3n) is 6.25. The van der Waals surface area contributed by atoms with E-state index in [4.69, 9.17) is 0 Å².